The molecule has 0 aliphatic carbocycles. The van der Waals surface area contributed by atoms with Crippen LogP contribution in [0.25, 0.3) is 0 Å². The van der Waals surface area contributed by atoms with Gasteiger partial charge in [-0.05, 0) is 30.9 Å². The summed E-state index contributed by atoms with van der Waals surface area (Å²) in [4.78, 5) is 4.80. The highest BCUT2D eigenvalue weighted by Gasteiger charge is 2.16. The van der Waals surface area contributed by atoms with E-state index in [0.717, 1.165) is 30.4 Å². The molecule has 0 spiro atoms. The molecule has 0 saturated carbocycles. The van der Waals surface area contributed by atoms with E-state index in [1.165, 1.54) is 18.4 Å². The van der Waals surface area contributed by atoms with E-state index < -0.39 is 10.0 Å². The van der Waals surface area contributed by atoms with Gasteiger partial charge in [0.1, 0.15) is 0 Å². The molecule has 0 amide bonds. The minimum atomic E-state index is -3.38. The van der Waals surface area contributed by atoms with Crippen LogP contribution in [0.1, 0.15) is 12.5 Å². The highest BCUT2D eigenvalue weighted by atomic mass is 32.2. The summed E-state index contributed by atoms with van der Waals surface area (Å²) in [6, 6.07) is 6.83. The minimum Gasteiger partial charge on any atom is -0.357 e. The number of hydrogen-bond donors (Lipinski definition) is 2. The van der Waals surface area contributed by atoms with Gasteiger partial charge in [-0.1, -0.05) is 12.1 Å². The summed E-state index contributed by atoms with van der Waals surface area (Å²) in [5.41, 5.74) is 0.963. The molecule has 0 radical (unpaired) electrons. The Kier molecular flexibility index (Phi) is 8.43. The Labute approximate surface area is 143 Å². The Morgan fingerprint density at radius 3 is 2.39 bits per heavy atom. The number of rotatable bonds is 8. The molecule has 0 aliphatic rings. The largest absolute Gasteiger partial charge is 0.357 e. The number of aliphatic imine (C=N–C) groups is 1. The molecule has 130 valence electrons. The number of nitrogens with one attached hydrogen (secondary N) is 2. The van der Waals surface area contributed by atoms with E-state index in [0.29, 0.717) is 11.4 Å². The third-order valence-electron chi connectivity index (χ3n) is 3.06. The van der Waals surface area contributed by atoms with Crippen molar-refractivity contribution < 1.29 is 8.42 Å². The number of guanidine groups is 1. The van der Waals surface area contributed by atoms with Crippen molar-refractivity contribution in [2.24, 2.45) is 4.99 Å². The number of nitrogens with zero attached hydrogens (tertiary/aromatic N) is 2. The van der Waals surface area contributed by atoms with Gasteiger partial charge in [-0.15, -0.1) is 0 Å². The first-order valence-corrected chi connectivity index (χ1v) is 10.3. The summed E-state index contributed by atoms with van der Waals surface area (Å²) >= 11 is 1.78. The van der Waals surface area contributed by atoms with Gasteiger partial charge >= 0.3 is 0 Å². The van der Waals surface area contributed by atoms with Crippen molar-refractivity contribution in [3.05, 3.63) is 29.8 Å². The van der Waals surface area contributed by atoms with Gasteiger partial charge in [-0.25, -0.2) is 17.7 Å². The fraction of sp³-hybridized carbons (Fsp3) is 0.533. The molecule has 0 aromatic heterocycles. The van der Waals surface area contributed by atoms with E-state index in [2.05, 4.69) is 21.9 Å². The van der Waals surface area contributed by atoms with Crippen LogP contribution in [0, 0.1) is 0 Å². The normalized spacial score (nSPS) is 12.5. The first kappa shape index (κ1) is 19.8. The second-order valence-electron chi connectivity index (χ2n) is 5.05. The Bertz CT molecular complexity index is 598. The van der Waals surface area contributed by atoms with E-state index in [4.69, 9.17) is 0 Å². The maximum absolute atomic E-state index is 12.0. The molecule has 6 nitrogen and oxygen atoms in total. The lowest BCUT2D eigenvalue weighted by molar-refractivity contribution is 0.520. The van der Waals surface area contributed by atoms with Crippen molar-refractivity contribution in [1.29, 1.82) is 0 Å². The van der Waals surface area contributed by atoms with Crippen LogP contribution in [0.3, 0.4) is 0 Å². The Morgan fingerprint density at radius 2 is 1.87 bits per heavy atom. The highest BCUT2D eigenvalue weighted by Crippen LogP contribution is 2.14. The summed E-state index contributed by atoms with van der Waals surface area (Å²) < 4.78 is 25.2. The van der Waals surface area contributed by atoms with E-state index in [-0.39, 0.29) is 0 Å². The SMILES string of the molecule is CCNC(=NCc1ccc(S(=O)(=O)N(C)C)cc1)NCCSC. The van der Waals surface area contributed by atoms with Gasteiger partial charge in [0.2, 0.25) is 10.0 Å². The standard InChI is InChI=1S/C15H26N4O2S2/c1-5-16-15(17-10-11-22-4)18-12-13-6-8-14(9-7-13)23(20,21)19(2)3/h6-9H,5,10-12H2,1-4H3,(H2,16,17,18). The molecule has 1 aromatic rings. The molecule has 23 heavy (non-hydrogen) atoms. The van der Waals surface area contributed by atoms with Crippen molar-refractivity contribution in [2.45, 2.75) is 18.4 Å². The minimum absolute atomic E-state index is 0.292. The number of thioether (sulfide) groups is 1. The molecule has 0 heterocycles. The van der Waals surface area contributed by atoms with E-state index in [9.17, 15) is 8.42 Å². The molecular weight excluding hydrogens is 332 g/mol. The van der Waals surface area contributed by atoms with Crippen molar-refractivity contribution in [3.63, 3.8) is 0 Å². The monoisotopic (exact) mass is 358 g/mol. The summed E-state index contributed by atoms with van der Waals surface area (Å²) in [5.74, 6) is 1.79. The van der Waals surface area contributed by atoms with Gasteiger partial charge in [-0.3, -0.25) is 0 Å². The fourth-order valence-corrected chi connectivity index (χ4v) is 2.97. The first-order valence-electron chi connectivity index (χ1n) is 7.44. The zero-order chi connectivity index (χ0) is 17.3. The highest BCUT2D eigenvalue weighted by molar-refractivity contribution is 7.98. The molecule has 0 atom stereocenters. The molecule has 1 aromatic carbocycles. The van der Waals surface area contributed by atoms with Crippen molar-refractivity contribution in [1.82, 2.24) is 14.9 Å². The lowest BCUT2D eigenvalue weighted by atomic mass is 10.2. The summed E-state index contributed by atoms with van der Waals surface area (Å²) in [6.45, 7) is 4.17. The van der Waals surface area contributed by atoms with Crippen LogP contribution in [0.5, 0.6) is 0 Å². The van der Waals surface area contributed by atoms with Gasteiger partial charge in [0.05, 0.1) is 11.4 Å². The lowest BCUT2D eigenvalue weighted by Gasteiger charge is -2.12. The van der Waals surface area contributed by atoms with E-state index in [1.54, 1.807) is 36.0 Å². The predicted octanol–water partition coefficient (Wildman–Crippen LogP) is 1.35. The topological polar surface area (TPSA) is 73.8 Å². The zero-order valence-corrected chi connectivity index (χ0v) is 15.8. The second-order valence-corrected chi connectivity index (χ2v) is 8.18. The van der Waals surface area contributed by atoms with Crippen molar-refractivity contribution in [2.75, 3.05) is 39.2 Å². The molecule has 1 rings (SSSR count). The Balaban J connectivity index is 2.74. The molecule has 2 N–H and O–H groups in total. The zero-order valence-electron chi connectivity index (χ0n) is 14.2. The van der Waals surface area contributed by atoms with Crippen LogP contribution in [0.4, 0.5) is 0 Å². The number of benzene rings is 1. The molecule has 8 heteroatoms. The van der Waals surface area contributed by atoms with Crippen molar-refractivity contribution in [3.8, 4) is 0 Å². The smallest absolute Gasteiger partial charge is 0.242 e. The average Bonchev–Trinajstić information content (AvgIpc) is 2.53. The maximum Gasteiger partial charge on any atom is 0.242 e. The summed E-state index contributed by atoms with van der Waals surface area (Å²) in [5, 5.41) is 6.45. The molecule has 0 saturated heterocycles. The third-order valence-corrected chi connectivity index (χ3v) is 5.51. The van der Waals surface area contributed by atoms with E-state index in [1.807, 2.05) is 6.92 Å². The van der Waals surface area contributed by atoms with Crippen LogP contribution in [0.2, 0.25) is 0 Å². The van der Waals surface area contributed by atoms with Crippen molar-refractivity contribution >= 4 is 27.7 Å². The lowest BCUT2D eigenvalue weighted by Crippen LogP contribution is -2.38. The number of hydrogen-bond acceptors (Lipinski definition) is 4. The first-order chi connectivity index (χ1) is 10.9. The summed E-state index contributed by atoms with van der Waals surface area (Å²) in [7, 11) is -0.329. The van der Waals surface area contributed by atoms with Crippen LogP contribution in [0.15, 0.2) is 34.2 Å². The van der Waals surface area contributed by atoms with Gasteiger partial charge in [0.25, 0.3) is 0 Å². The van der Waals surface area contributed by atoms with E-state index >= 15 is 0 Å². The Hall–Kier alpha value is -1.25. The number of sulfonamides is 1. The molecular formula is C15H26N4O2S2. The third kappa shape index (κ3) is 6.40. The second kappa shape index (κ2) is 9.79. The van der Waals surface area contributed by atoms with Crippen LogP contribution in [-0.4, -0.2) is 57.9 Å². The average molecular weight is 359 g/mol. The van der Waals surface area contributed by atoms with Crippen LogP contribution >= 0.6 is 11.8 Å². The fourth-order valence-electron chi connectivity index (χ4n) is 1.76. The quantitative estimate of drug-likeness (QED) is 0.417. The summed E-state index contributed by atoms with van der Waals surface area (Å²) in [6.07, 6.45) is 2.06. The molecule has 0 bridgehead atoms. The maximum atomic E-state index is 12.0. The molecule has 0 unspecified atom stereocenters. The van der Waals surface area contributed by atoms with Gasteiger partial charge in [-0.2, -0.15) is 11.8 Å². The molecule has 0 aliphatic heterocycles. The molecule has 0 fully saturated rings. The predicted molar refractivity (Wildman–Crippen MR) is 98.5 cm³/mol. The van der Waals surface area contributed by atoms with Gasteiger partial charge in [0.15, 0.2) is 5.96 Å². The van der Waals surface area contributed by atoms with Gasteiger partial charge < -0.3 is 10.6 Å². The van der Waals surface area contributed by atoms with Crippen LogP contribution < -0.4 is 10.6 Å². The van der Waals surface area contributed by atoms with Crippen LogP contribution in [-0.2, 0) is 16.6 Å². The van der Waals surface area contributed by atoms with Gasteiger partial charge in [0, 0.05) is 32.9 Å². The Morgan fingerprint density at radius 1 is 1.22 bits per heavy atom.